The van der Waals surface area contributed by atoms with Gasteiger partial charge in [0.1, 0.15) is 5.82 Å². The van der Waals surface area contributed by atoms with Crippen LogP contribution in [0, 0.1) is 6.92 Å². The second kappa shape index (κ2) is 5.72. The molecule has 0 bridgehead atoms. The number of anilines is 3. The van der Waals surface area contributed by atoms with Crippen LogP contribution in [0.2, 0.25) is 0 Å². The maximum Gasteiger partial charge on any atom is 0.224 e. The van der Waals surface area contributed by atoms with E-state index in [0.29, 0.717) is 17.9 Å². The first-order valence-electron chi connectivity index (χ1n) is 7.59. The van der Waals surface area contributed by atoms with Crippen molar-refractivity contribution in [1.82, 2.24) is 9.97 Å². The van der Waals surface area contributed by atoms with E-state index < -0.39 is 0 Å². The van der Waals surface area contributed by atoms with Crippen LogP contribution in [0.5, 0.6) is 0 Å². The number of rotatable bonds is 5. The van der Waals surface area contributed by atoms with Gasteiger partial charge in [0.15, 0.2) is 0 Å². The number of aromatic nitrogens is 2. The lowest BCUT2D eigenvalue weighted by atomic mass is 9.98. The van der Waals surface area contributed by atoms with Gasteiger partial charge in [-0.15, -0.1) is 0 Å². The van der Waals surface area contributed by atoms with Crippen LogP contribution in [0.15, 0.2) is 30.5 Å². The first-order chi connectivity index (χ1) is 10.1. The summed E-state index contributed by atoms with van der Waals surface area (Å²) in [6.07, 6.45) is 4.24. The van der Waals surface area contributed by atoms with Crippen molar-refractivity contribution in [2.24, 2.45) is 0 Å². The van der Waals surface area contributed by atoms with Crippen molar-refractivity contribution in [2.45, 2.75) is 45.6 Å². The van der Waals surface area contributed by atoms with Crippen molar-refractivity contribution >= 4 is 17.5 Å². The predicted octanol–water partition coefficient (Wildman–Crippen LogP) is 4.23. The molecule has 0 amide bonds. The molecule has 21 heavy (non-hydrogen) atoms. The normalized spacial score (nSPS) is 14.3. The summed E-state index contributed by atoms with van der Waals surface area (Å²) in [5.74, 6) is 2.02. The Hall–Kier alpha value is -2.10. The summed E-state index contributed by atoms with van der Waals surface area (Å²) in [5.41, 5.74) is 3.70. The summed E-state index contributed by atoms with van der Waals surface area (Å²) >= 11 is 0. The summed E-state index contributed by atoms with van der Waals surface area (Å²) in [5, 5.41) is 6.80. The van der Waals surface area contributed by atoms with Gasteiger partial charge in [-0.1, -0.05) is 32.0 Å². The fourth-order valence-electron chi connectivity index (χ4n) is 2.38. The molecular weight excluding hydrogens is 260 g/mol. The highest BCUT2D eigenvalue weighted by Crippen LogP contribution is 2.30. The standard InChI is InChI=1S/C17H22N4/c1-11(2)14-6-4-5-12(3)16(14)20-15-9-10-18-17(21-15)19-13-7-8-13/h4-6,9-11,13H,7-8H2,1-3H3,(H2,18,19,20,21). The second-order valence-corrected chi connectivity index (χ2v) is 6.00. The Kier molecular flexibility index (Phi) is 3.78. The van der Waals surface area contributed by atoms with E-state index in [4.69, 9.17) is 0 Å². The molecule has 1 aliphatic rings. The van der Waals surface area contributed by atoms with Gasteiger partial charge in [-0.3, -0.25) is 0 Å². The van der Waals surface area contributed by atoms with Crippen molar-refractivity contribution in [3.05, 3.63) is 41.6 Å². The van der Waals surface area contributed by atoms with E-state index in [1.807, 2.05) is 6.07 Å². The Morgan fingerprint density at radius 2 is 2.00 bits per heavy atom. The number of nitrogens with one attached hydrogen (secondary N) is 2. The largest absolute Gasteiger partial charge is 0.351 e. The van der Waals surface area contributed by atoms with Crippen molar-refractivity contribution < 1.29 is 0 Å². The van der Waals surface area contributed by atoms with E-state index in [2.05, 4.69) is 59.6 Å². The van der Waals surface area contributed by atoms with E-state index in [1.54, 1.807) is 6.20 Å². The summed E-state index contributed by atoms with van der Waals surface area (Å²) < 4.78 is 0. The number of para-hydroxylation sites is 1. The summed E-state index contributed by atoms with van der Waals surface area (Å²) in [6.45, 7) is 6.54. The zero-order valence-electron chi connectivity index (χ0n) is 12.9. The number of benzene rings is 1. The van der Waals surface area contributed by atoms with Crippen molar-refractivity contribution in [1.29, 1.82) is 0 Å². The summed E-state index contributed by atoms with van der Waals surface area (Å²) in [6, 6.07) is 8.87. The van der Waals surface area contributed by atoms with Crippen LogP contribution in [0.4, 0.5) is 17.5 Å². The first kappa shape index (κ1) is 13.9. The molecule has 4 heteroatoms. The Morgan fingerprint density at radius 3 is 2.71 bits per heavy atom. The van der Waals surface area contributed by atoms with Gasteiger partial charge in [-0.25, -0.2) is 4.98 Å². The summed E-state index contributed by atoms with van der Waals surface area (Å²) in [7, 11) is 0. The van der Waals surface area contributed by atoms with E-state index in [1.165, 1.54) is 24.0 Å². The third kappa shape index (κ3) is 3.32. The average Bonchev–Trinajstić information content (AvgIpc) is 3.25. The Balaban J connectivity index is 1.86. The Labute approximate surface area is 126 Å². The monoisotopic (exact) mass is 282 g/mol. The smallest absolute Gasteiger partial charge is 0.224 e. The van der Waals surface area contributed by atoms with Crippen LogP contribution in [0.25, 0.3) is 0 Å². The van der Waals surface area contributed by atoms with Crippen LogP contribution >= 0.6 is 0 Å². The van der Waals surface area contributed by atoms with E-state index >= 15 is 0 Å². The minimum absolute atomic E-state index is 0.471. The molecule has 0 spiro atoms. The Bertz CT molecular complexity index is 632. The highest BCUT2D eigenvalue weighted by Gasteiger charge is 2.21. The SMILES string of the molecule is Cc1cccc(C(C)C)c1Nc1ccnc(NC2CC2)n1. The lowest BCUT2D eigenvalue weighted by Gasteiger charge is -2.17. The lowest BCUT2D eigenvalue weighted by Crippen LogP contribution is -2.07. The van der Waals surface area contributed by atoms with Gasteiger partial charge in [0.2, 0.25) is 5.95 Å². The van der Waals surface area contributed by atoms with Gasteiger partial charge < -0.3 is 10.6 Å². The maximum atomic E-state index is 4.56. The maximum absolute atomic E-state index is 4.56. The molecule has 2 aromatic rings. The Morgan fingerprint density at radius 1 is 1.19 bits per heavy atom. The third-order valence-corrected chi connectivity index (χ3v) is 3.75. The van der Waals surface area contributed by atoms with E-state index in [0.717, 1.165) is 11.5 Å². The van der Waals surface area contributed by atoms with Crippen LogP contribution in [-0.2, 0) is 0 Å². The van der Waals surface area contributed by atoms with Crippen molar-refractivity contribution in [2.75, 3.05) is 10.6 Å². The molecule has 4 nitrogen and oxygen atoms in total. The highest BCUT2D eigenvalue weighted by atomic mass is 15.2. The number of nitrogens with zero attached hydrogens (tertiary/aromatic N) is 2. The fraction of sp³-hybridized carbons (Fsp3) is 0.412. The molecule has 1 heterocycles. The molecule has 0 atom stereocenters. The molecule has 0 unspecified atom stereocenters. The quantitative estimate of drug-likeness (QED) is 0.861. The van der Waals surface area contributed by atoms with E-state index in [9.17, 15) is 0 Å². The van der Waals surface area contributed by atoms with Gasteiger partial charge in [0.25, 0.3) is 0 Å². The zero-order valence-corrected chi connectivity index (χ0v) is 12.9. The van der Waals surface area contributed by atoms with Crippen LogP contribution < -0.4 is 10.6 Å². The molecule has 1 fully saturated rings. The third-order valence-electron chi connectivity index (χ3n) is 3.75. The molecular formula is C17H22N4. The topological polar surface area (TPSA) is 49.8 Å². The van der Waals surface area contributed by atoms with Gasteiger partial charge in [-0.05, 0) is 42.9 Å². The minimum atomic E-state index is 0.471. The number of hydrogen-bond acceptors (Lipinski definition) is 4. The molecule has 1 aromatic carbocycles. The molecule has 0 radical (unpaired) electrons. The summed E-state index contributed by atoms with van der Waals surface area (Å²) in [4.78, 5) is 8.84. The molecule has 110 valence electrons. The molecule has 2 N–H and O–H groups in total. The second-order valence-electron chi connectivity index (χ2n) is 6.00. The molecule has 3 rings (SSSR count). The van der Waals surface area contributed by atoms with Crippen molar-refractivity contribution in [3.63, 3.8) is 0 Å². The minimum Gasteiger partial charge on any atom is -0.351 e. The predicted molar refractivity (Wildman–Crippen MR) is 87.2 cm³/mol. The number of aryl methyl sites for hydroxylation is 1. The van der Waals surface area contributed by atoms with Gasteiger partial charge in [0, 0.05) is 17.9 Å². The van der Waals surface area contributed by atoms with Crippen LogP contribution in [-0.4, -0.2) is 16.0 Å². The molecule has 0 saturated heterocycles. The van der Waals surface area contributed by atoms with Gasteiger partial charge >= 0.3 is 0 Å². The molecule has 1 aliphatic carbocycles. The first-order valence-corrected chi connectivity index (χ1v) is 7.59. The van der Waals surface area contributed by atoms with Crippen molar-refractivity contribution in [3.8, 4) is 0 Å². The molecule has 0 aliphatic heterocycles. The van der Waals surface area contributed by atoms with Crippen LogP contribution in [0.3, 0.4) is 0 Å². The fourth-order valence-corrected chi connectivity index (χ4v) is 2.38. The zero-order chi connectivity index (χ0) is 14.8. The highest BCUT2D eigenvalue weighted by molar-refractivity contribution is 5.65. The molecule has 1 saturated carbocycles. The average molecular weight is 282 g/mol. The molecule has 1 aromatic heterocycles. The van der Waals surface area contributed by atoms with E-state index in [-0.39, 0.29) is 0 Å². The van der Waals surface area contributed by atoms with Gasteiger partial charge in [0.05, 0.1) is 0 Å². The van der Waals surface area contributed by atoms with Crippen LogP contribution in [0.1, 0.15) is 43.7 Å². The van der Waals surface area contributed by atoms with Gasteiger partial charge in [-0.2, -0.15) is 4.98 Å². The number of hydrogen-bond donors (Lipinski definition) is 2. The lowest BCUT2D eigenvalue weighted by molar-refractivity contribution is 0.867.